The van der Waals surface area contributed by atoms with Gasteiger partial charge < -0.3 is 15.4 Å². The van der Waals surface area contributed by atoms with E-state index in [9.17, 15) is 9.18 Å². The van der Waals surface area contributed by atoms with Crippen molar-refractivity contribution in [1.82, 2.24) is 25.5 Å². The number of aromatic nitrogens is 4. The van der Waals surface area contributed by atoms with E-state index in [0.717, 1.165) is 12.8 Å². The van der Waals surface area contributed by atoms with Crippen LogP contribution in [-0.2, 0) is 4.74 Å². The molecule has 23 heavy (non-hydrogen) atoms. The highest BCUT2D eigenvalue weighted by Gasteiger charge is 2.13. The average molecular weight is 318 g/mol. The fraction of sp³-hybridized carbons (Fsp3) is 0.286. The second kappa shape index (κ2) is 6.86. The third kappa shape index (κ3) is 3.82. The molecule has 3 rings (SSSR count). The summed E-state index contributed by atoms with van der Waals surface area (Å²) < 4.78 is 20.6. The summed E-state index contributed by atoms with van der Waals surface area (Å²) in [5.41, 5.74) is 0.532. The van der Waals surface area contributed by atoms with Gasteiger partial charge in [0.05, 0.1) is 12.8 Å². The molecule has 1 aliphatic rings. The molecule has 1 aromatic heterocycles. The van der Waals surface area contributed by atoms with Crippen molar-refractivity contribution < 1.29 is 13.9 Å². The number of hydrogen-bond acceptors (Lipinski definition) is 5. The maximum absolute atomic E-state index is 14.0. The normalized spacial score (nSPS) is 16.7. The van der Waals surface area contributed by atoms with Crippen molar-refractivity contribution in [3.8, 4) is 5.69 Å². The van der Waals surface area contributed by atoms with E-state index < -0.39 is 11.8 Å². The zero-order chi connectivity index (χ0) is 16.1. The summed E-state index contributed by atoms with van der Waals surface area (Å²) in [6, 6.07) is 3.84. The van der Waals surface area contributed by atoms with Crippen molar-refractivity contribution in [2.24, 2.45) is 0 Å². The minimum atomic E-state index is -0.546. The van der Waals surface area contributed by atoms with Crippen molar-refractivity contribution in [2.75, 3.05) is 11.9 Å². The summed E-state index contributed by atoms with van der Waals surface area (Å²) in [6.07, 6.45) is 6.61. The van der Waals surface area contributed by atoms with Gasteiger partial charge in [0.15, 0.2) is 5.82 Å². The van der Waals surface area contributed by atoms with E-state index in [1.54, 1.807) is 12.3 Å². The Morgan fingerprint density at radius 2 is 2.39 bits per heavy atom. The predicted octanol–water partition coefficient (Wildman–Crippen LogP) is 1.62. The molecule has 1 unspecified atom stereocenters. The Morgan fingerprint density at radius 3 is 3.09 bits per heavy atom. The van der Waals surface area contributed by atoms with Crippen LogP contribution in [-0.4, -0.2) is 38.9 Å². The molecule has 2 aromatic rings. The van der Waals surface area contributed by atoms with Crippen LogP contribution in [0.5, 0.6) is 0 Å². The molecule has 0 spiro atoms. The Labute approximate surface area is 131 Å². The number of ether oxygens (including phenoxy) is 1. The molecule has 1 aromatic carbocycles. The van der Waals surface area contributed by atoms with Gasteiger partial charge in [-0.15, -0.1) is 5.10 Å². The lowest BCUT2D eigenvalue weighted by molar-refractivity contribution is 0.124. The summed E-state index contributed by atoms with van der Waals surface area (Å²) in [7, 11) is 0. The molecule has 0 radical (unpaired) electrons. The molecule has 120 valence electrons. The molecule has 1 atom stereocenters. The van der Waals surface area contributed by atoms with Gasteiger partial charge in [-0.25, -0.2) is 9.18 Å². The quantitative estimate of drug-likeness (QED) is 0.893. The number of hydrogen-bond donors (Lipinski definition) is 2. The third-order valence-corrected chi connectivity index (χ3v) is 3.31. The van der Waals surface area contributed by atoms with E-state index in [1.807, 2.05) is 6.08 Å². The van der Waals surface area contributed by atoms with E-state index in [4.69, 9.17) is 4.74 Å². The van der Waals surface area contributed by atoms with Gasteiger partial charge in [0.1, 0.15) is 18.1 Å². The number of amides is 2. The Balaban J connectivity index is 1.56. The van der Waals surface area contributed by atoms with Gasteiger partial charge in [-0.1, -0.05) is 0 Å². The lowest BCUT2D eigenvalue weighted by Gasteiger charge is -2.19. The standard InChI is InChI=1S/C14H15FN6O2/c15-12-7-10(4-5-13(12)21-9-17-19-20-21)18-14(22)16-8-11-3-1-2-6-23-11/h2,4-7,9,11H,1,3,8H2,(H2,16,18,22). The van der Waals surface area contributed by atoms with Gasteiger partial charge in [-0.2, -0.15) is 4.68 Å². The predicted molar refractivity (Wildman–Crippen MR) is 79.4 cm³/mol. The van der Waals surface area contributed by atoms with Crippen molar-refractivity contribution >= 4 is 11.7 Å². The summed E-state index contributed by atoms with van der Waals surface area (Å²) in [4.78, 5) is 11.8. The summed E-state index contributed by atoms with van der Waals surface area (Å²) >= 11 is 0. The maximum Gasteiger partial charge on any atom is 0.319 e. The number of benzene rings is 1. The van der Waals surface area contributed by atoms with Gasteiger partial charge in [0.25, 0.3) is 0 Å². The van der Waals surface area contributed by atoms with E-state index in [2.05, 4.69) is 26.2 Å². The Kier molecular flexibility index (Phi) is 4.46. The van der Waals surface area contributed by atoms with Crippen LogP contribution in [0, 0.1) is 5.82 Å². The number of tetrazole rings is 1. The lowest BCUT2D eigenvalue weighted by atomic mass is 10.1. The second-order valence-electron chi connectivity index (χ2n) is 4.96. The molecular weight excluding hydrogens is 303 g/mol. The van der Waals surface area contributed by atoms with Crippen molar-refractivity contribution in [3.63, 3.8) is 0 Å². The molecule has 8 nitrogen and oxygen atoms in total. The molecule has 2 N–H and O–H groups in total. The fourth-order valence-corrected chi connectivity index (χ4v) is 2.16. The Morgan fingerprint density at radius 1 is 1.48 bits per heavy atom. The molecule has 0 aliphatic carbocycles. The van der Waals surface area contributed by atoms with Crippen LogP contribution in [0.4, 0.5) is 14.9 Å². The summed E-state index contributed by atoms with van der Waals surface area (Å²) in [5.74, 6) is -0.546. The first-order valence-corrected chi connectivity index (χ1v) is 7.10. The van der Waals surface area contributed by atoms with E-state index in [-0.39, 0.29) is 11.8 Å². The number of rotatable bonds is 4. The van der Waals surface area contributed by atoms with Crippen molar-refractivity contribution in [1.29, 1.82) is 0 Å². The van der Waals surface area contributed by atoms with E-state index in [0.29, 0.717) is 12.2 Å². The van der Waals surface area contributed by atoms with Gasteiger partial charge >= 0.3 is 6.03 Å². The van der Waals surface area contributed by atoms with Crippen LogP contribution in [0.3, 0.4) is 0 Å². The van der Waals surface area contributed by atoms with Crippen LogP contribution in [0.1, 0.15) is 12.8 Å². The van der Waals surface area contributed by atoms with Gasteiger partial charge in [0, 0.05) is 5.69 Å². The smallest absolute Gasteiger partial charge is 0.319 e. The lowest BCUT2D eigenvalue weighted by Crippen LogP contribution is -2.36. The first-order valence-electron chi connectivity index (χ1n) is 7.10. The number of nitrogens with one attached hydrogen (secondary N) is 2. The highest BCUT2D eigenvalue weighted by molar-refractivity contribution is 5.89. The molecular formula is C14H15FN6O2. The van der Waals surface area contributed by atoms with Crippen molar-refractivity contribution in [2.45, 2.75) is 18.9 Å². The number of urea groups is 1. The number of halogens is 1. The molecule has 1 aliphatic heterocycles. The number of allylic oxidation sites excluding steroid dienone is 1. The highest BCUT2D eigenvalue weighted by atomic mass is 19.1. The van der Waals surface area contributed by atoms with E-state index >= 15 is 0 Å². The Bertz CT molecular complexity index is 703. The Hall–Kier alpha value is -2.97. The van der Waals surface area contributed by atoms with Crippen LogP contribution < -0.4 is 10.6 Å². The molecule has 2 heterocycles. The second-order valence-corrected chi connectivity index (χ2v) is 4.96. The topological polar surface area (TPSA) is 94.0 Å². The fourth-order valence-electron chi connectivity index (χ4n) is 2.16. The molecule has 0 bridgehead atoms. The number of nitrogens with zero attached hydrogens (tertiary/aromatic N) is 4. The number of carbonyl (C=O) groups excluding carboxylic acids is 1. The highest BCUT2D eigenvalue weighted by Crippen LogP contribution is 2.17. The molecule has 0 saturated heterocycles. The largest absolute Gasteiger partial charge is 0.497 e. The van der Waals surface area contributed by atoms with Crippen LogP contribution in [0.15, 0.2) is 36.9 Å². The monoisotopic (exact) mass is 318 g/mol. The van der Waals surface area contributed by atoms with Crippen LogP contribution in [0.25, 0.3) is 5.69 Å². The number of carbonyl (C=O) groups is 1. The van der Waals surface area contributed by atoms with Gasteiger partial charge in [-0.05, 0) is 47.5 Å². The van der Waals surface area contributed by atoms with Gasteiger partial charge in [0.2, 0.25) is 0 Å². The molecule has 0 saturated carbocycles. The zero-order valence-corrected chi connectivity index (χ0v) is 12.1. The van der Waals surface area contributed by atoms with Gasteiger partial charge in [-0.3, -0.25) is 0 Å². The zero-order valence-electron chi connectivity index (χ0n) is 12.1. The third-order valence-electron chi connectivity index (χ3n) is 3.31. The maximum atomic E-state index is 14.0. The SMILES string of the molecule is O=C(NCC1CCC=CO1)Nc1ccc(-n2cnnn2)c(F)c1. The van der Waals surface area contributed by atoms with Crippen molar-refractivity contribution in [3.05, 3.63) is 42.7 Å². The molecule has 2 amide bonds. The van der Waals surface area contributed by atoms with Crippen LogP contribution in [0.2, 0.25) is 0 Å². The summed E-state index contributed by atoms with van der Waals surface area (Å²) in [6.45, 7) is 0.390. The first kappa shape index (κ1) is 14.9. The first-order chi connectivity index (χ1) is 11.2. The van der Waals surface area contributed by atoms with E-state index in [1.165, 1.54) is 23.1 Å². The average Bonchev–Trinajstić information content (AvgIpc) is 3.08. The van der Waals surface area contributed by atoms with Crippen LogP contribution >= 0.6 is 0 Å². The minimum Gasteiger partial charge on any atom is -0.497 e. The minimum absolute atomic E-state index is 0.0373. The molecule has 0 fully saturated rings. The number of anilines is 1. The molecule has 9 heteroatoms. The summed E-state index contributed by atoms with van der Waals surface area (Å²) in [5, 5.41) is 15.8.